The standard InChI is InChI=1S/C20H22N2O3/c1-13-10-11-22(14-4-6-15(23)7-5-14)17-9-8-16(24-2)19-20(13,17)12-18(21-19)25-3/h4-9,12-13,23H,10-11H2,1-3H3. The van der Waals surface area contributed by atoms with Crippen LogP contribution in [-0.4, -0.2) is 31.6 Å². The summed E-state index contributed by atoms with van der Waals surface area (Å²) < 4.78 is 11.0. The average Bonchev–Trinajstić information content (AvgIpc) is 3.03. The summed E-state index contributed by atoms with van der Waals surface area (Å²) in [5.74, 6) is 2.06. The van der Waals surface area contributed by atoms with Crippen molar-refractivity contribution in [2.24, 2.45) is 16.3 Å². The maximum Gasteiger partial charge on any atom is 0.210 e. The van der Waals surface area contributed by atoms with Gasteiger partial charge in [0.05, 0.1) is 19.6 Å². The van der Waals surface area contributed by atoms with Gasteiger partial charge in [0.2, 0.25) is 5.88 Å². The van der Waals surface area contributed by atoms with Gasteiger partial charge in [-0.2, -0.15) is 0 Å². The van der Waals surface area contributed by atoms with E-state index < -0.39 is 0 Å². The summed E-state index contributed by atoms with van der Waals surface area (Å²) in [6.07, 6.45) is 7.24. The van der Waals surface area contributed by atoms with E-state index in [1.54, 1.807) is 26.4 Å². The Morgan fingerprint density at radius 3 is 2.60 bits per heavy atom. The predicted molar refractivity (Wildman–Crippen MR) is 97.4 cm³/mol. The molecule has 0 radical (unpaired) electrons. The lowest BCUT2D eigenvalue weighted by atomic mass is 9.64. The molecule has 1 saturated heterocycles. The summed E-state index contributed by atoms with van der Waals surface area (Å²) in [5, 5.41) is 9.61. The Labute approximate surface area is 147 Å². The molecule has 0 aromatic heterocycles. The lowest BCUT2D eigenvalue weighted by Gasteiger charge is -2.49. The summed E-state index contributed by atoms with van der Waals surface area (Å²) in [6.45, 7) is 3.17. The van der Waals surface area contributed by atoms with E-state index in [2.05, 4.69) is 24.0 Å². The van der Waals surface area contributed by atoms with Crippen molar-refractivity contribution in [1.29, 1.82) is 0 Å². The minimum atomic E-state index is -0.346. The lowest BCUT2D eigenvalue weighted by Crippen LogP contribution is -2.50. The van der Waals surface area contributed by atoms with E-state index >= 15 is 0 Å². The Balaban J connectivity index is 1.87. The number of ether oxygens (including phenoxy) is 2. The van der Waals surface area contributed by atoms with Crippen molar-refractivity contribution >= 4 is 11.4 Å². The van der Waals surface area contributed by atoms with Crippen LogP contribution >= 0.6 is 0 Å². The molecule has 4 rings (SSSR count). The van der Waals surface area contributed by atoms with Gasteiger partial charge >= 0.3 is 0 Å². The molecule has 1 aromatic carbocycles. The van der Waals surface area contributed by atoms with Crippen molar-refractivity contribution in [3.8, 4) is 5.75 Å². The van der Waals surface area contributed by atoms with Gasteiger partial charge in [0.25, 0.3) is 0 Å². The van der Waals surface area contributed by atoms with Crippen molar-refractivity contribution in [3.63, 3.8) is 0 Å². The minimum Gasteiger partial charge on any atom is -0.508 e. The number of allylic oxidation sites excluding steroid dienone is 4. The van der Waals surface area contributed by atoms with Crippen LogP contribution in [0.1, 0.15) is 13.3 Å². The average molecular weight is 338 g/mol. The number of aliphatic imine (C=N–C) groups is 1. The second-order valence-corrected chi connectivity index (χ2v) is 6.66. The summed E-state index contributed by atoms with van der Waals surface area (Å²) in [7, 11) is 3.32. The maximum absolute atomic E-state index is 9.61. The van der Waals surface area contributed by atoms with Crippen molar-refractivity contribution in [2.75, 3.05) is 25.7 Å². The molecule has 1 aliphatic carbocycles. The molecule has 0 bridgehead atoms. The first-order valence-electron chi connectivity index (χ1n) is 8.49. The molecule has 1 fully saturated rings. The number of phenols is 1. The van der Waals surface area contributed by atoms with Crippen molar-refractivity contribution < 1.29 is 14.6 Å². The number of nitrogens with zero attached hydrogens (tertiary/aromatic N) is 2. The molecule has 2 heterocycles. The van der Waals surface area contributed by atoms with E-state index in [0.717, 1.165) is 30.1 Å². The summed E-state index contributed by atoms with van der Waals surface area (Å²) >= 11 is 0. The topological polar surface area (TPSA) is 54.3 Å². The SMILES string of the molecule is COC1=CC23C(=CC=C(OC)C2=N1)N(c1ccc(O)cc1)CCC3C. The molecular formula is C20H22N2O3. The van der Waals surface area contributed by atoms with Crippen LogP contribution in [0, 0.1) is 11.3 Å². The molecule has 0 saturated carbocycles. The van der Waals surface area contributed by atoms with E-state index in [4.69, 9.17) is 14.5 Å². The highest BCUT2D eigenvalue weighted by Crippen LogP contribution is 2.53. The Bertz CT molecular complexity index is 820. The second-order valence-electron chi connectivity index (χ2n) is 6.66. The largest absolute Gasteiger partial charge is 0.508 e. The number of anilines is 1. The normalized spacial score (nSPS) is 27.5. The van der Waals surface area contributed by atoms with Crippen LogP contribution in [0.25, 0.3) is 0 Å². The number of hydrogen-bond acceptors (Lipinski definition) is 5. The fraction of sp³-hybridized carbons (Fsp3) is 0.350. The quantitative estimate of drug-likeness (QED) is 0.915. The molecule has 5 nitrogen and oxygen atoms in total. The zero-order chi connectivity index (χ0) is 17.6. The van der Waals surface area contributed by atoms with E-state index in [9.17, 15) is 5.11 Å². The van der Waals surface area contributed by atoms with Crippen LogP contribution in [0.2, 0.25) is 0 Å². The van der Waals surface area contributed by atoms with Crippen LogP contribution < -0.4 is 4.90 Å². The highest BCUT2D eigenvalue weighted by molar-refractivity contribution is 6.10. The molecule has 2 aliphatic heterocycles. The van der Waals surface area contributed by atoms with Gasteiger partial charge in [0, 0.05) is 17.9 Å². The first kappa shape index (κ1) is 15.8. The Morgan fingerprint density at radius 1 is 1.16 bits per heavy atom. The van der Waals surface area contributed by atoms with E-state index in [1.807, 2.05) is 18.2 Å². The molecule has 1 aromatic rings. The third-order valence-corrected chi connectivity index (χ3v) is 5.46. The molecule has 2 atom stereocenters. The monoisotopic (exact) mass is 338 g/mol. The third-order valence-electron chi connectivity index (χ3n) is 5.46. The first-order valence-corrected chi connectivity index (χ1v) is 8.49. The number of methoxy groups -OCH3 is 2. The smallest absolute Gasteiger partial charge is 0.210 e. The van der Waals surface area contributed by atoms with Crippen LogP contribution in [0.15, 0.2) is 64.8 Å². The fourth-order valence-corrected chi connectivity index (χ4v) is 4.11. The third kappa shape index (κ3) is 2.18. The minimum absolute atomic E-state index is 0.271. The van der Waals surface area contributed by atoms with Gasteiger partial charge in [0.15, 0.2) is 0 Å². The zero-order valence-electron chi connectivity index (χ0n) is 14.7. The fourth-order valence-electron chi connectivity index (χ4n) is 4.11. The van der Waals surface area contributed by atoms with Crippen molar-refractivity contribution in [3.05, 3.63) is 59.8 Å². The van der Waals surface area contributed by atoms with E-state index in [1.165, 1.54) is 5.70 Å². The number of hydrogen-bond donors (Lipinski definition) is 1. The second kappa shape index (κ2) is 5.69. The van der Waals surface area contributed by atoms with Crippen molar-refractivity contribution in [2.45, 2.75) is 13.3 Å². The summed E-state index contributed by atoms with van der Waals surface area (Å²) in [5.41, 5.74) is 2.80. The Kier molecular flexibility index (Phi) is 3.60. The number of piperidine rings is 1. The van der Waals surface area contributed by atoms with Gasteiger partial charge < -0.3 is 19.5 Å². The summed E-state index contributed by atoms with van der Waals surface area (Å²) in [6, 6.07) is 7.34. The maximum atomic E-state index is 9.61. The molecule has 3 aliphatic rings. The van der Waals surface area contributed by atoms with Crippen LogP contribution in [0.5, 0.6) is 5.75 Å². The van der Waals surface area contributed by atoms with Gasteiger partial charge in [-0.15, -0.1) is 0 Å². The molecule has 1 spiro atoms. The van der Waals surface area contributed by atoms with Crippen LogP contribution in [0.3, 0.4) is 0 Å². The van der Waals surface area contributed by atoms with Gasteiger partial charge in [-0.3, -0.25) is 0 Å². The molecule has 1 N–H and O–H groups in total. The molecule has 130 valence electrons. The molecule has 25 heavy (non-hydrogen) atoms. The van der Waals surface area contributed by atoms with Gasteiger partial charge in [0.1, 0.15) is 17.2 Å². The highest BCUT2D eigenvalue weighted by Gasteiger charge is 2.53. The number of aromatic hydroxyl groups is 1. The van der Waals surface area contributed by atoms with Gasteiger partial charge in [-0.25, -0.2) is 4.99 Å². The predicted octanol–water partition coefficient (Wildman–Crippen LogP) is 3.60. The number of rotatable bonds is 3. The highest BCUT2D eigenvalue weighted by atomic mass is 16.5. The summed E-state index contributed by atoms with van der Waals surface area (Å²) in [4.78, 5) is 7.00. The molecular weight excluding hydrogens is 316 g/mol. The van der Waals surface area contributed by atoms with E-state index in [-0.39, 0.29) is 11.2 Å². The zero-order valence-corrected chi connectivity index (χ0v) is 14.7. The van der Waals surface area contributed by atoms with Gasteiger partial charge in [-0.05, 0) is 54.8 Å². The Hall–Kier alpha value is -2.69. The van der Waals surface area contributed by atoms with Crippen molar-refractivity contribution in [1.82, 2.24) is 0 Å². The lowest BCUT2D eigenvalue weighted by molar-refractivity contribution is 0.277. The number of benzene rings is 1. The van der Waals surface area contributed by atoms with Crippen LogP contribution in [-0.2, 0) is 9.47 Å². The van der Waals surface area contributed by atoms with E-state index in [0.29, 0.717) is 11.8 Å². The Morgan fingerprint density at radius 2 is 1.92 bits per heavy atom. The molecule has 2 unspecified atom stereocenters. The van der Waals surface area contributed by atoms with Crippen LogP contribution in [0.4, 0.5) is 5.69 Å². The van der Waals surface area contributed by atoms with Gasteiger partial charge in [-0.1, -0.05) is 6.92 Å². The molecule has 0 amide bonds. The molecule has 5 heteroatoms. The first-order chi connectivity index (χ1) is 12.1. The number of phenolic OH excluding ortho intramolecular Hbond substituents is 1.